The van der Waals surface area contributed by atoms with E-state index in [-0.39, 0.29) is 11.3 Å². The molecule has 1 aromatic heterocycles. The number of Topliss-reactive ketones (excluding diaryl/α,β-unsaturated/α-hetero) is 1. The van der Waals surface area contributed by atoms with Crippen LogP contribution in [0.15, 0.2) is 24.4 Å². The van der Waals surface area contributed by atoms with Crippen molar-refractivity contribution in [2.75, 3.05) is 0 Å². The minimum Gasteiger partial charge on any atom is -0.457 e. The van der Waals surface area contributed by atoms with Gasteiger partial charge in [0, 0.05) is 29.2 Å². The molecule has 0 fully saturated rings. The van der Waals surface area contributed by atoms with Crippen LogP contribution in [0.25, 0.3) is 10.9 Å². The third-order valence-electron chi connectivity index (χ3n) is 2.65. The number of carbonyl (C=O) groups is 2. The fourth-order valence-electron chi connectivity index (χ4n) is 1.79. The first-order valence-electron chi connectivity index (χ1n) is 5.91. The summed E-state index contributed by atoms with van der Waals surface area (Å²) in [5.41, 5.74) is 0.453. The minimum atomic E-state index is -0.979. The van der Waals surface area contributed by atoms with Gasteiger partial charge in [-0.15, -0.1) is 0 Å². The largest absolute Gasteiger partial charge is 0.457 e. The predicted molar refractivity (Wildman–Crippen MR) is 70.5 cm³/mol. The van der Waals surface area contributed by atoms with E-state index in [9.17, 15) is 19.7 Å². The number of non-ortho nitro benzene ring substituents is 1. The van der Waals surface area contributed by atoms with Crippen LogP contribution in [-0.4, -0.2) is 27.8 Å². The maximum Gasteiger partial charge on any atom is 0.380 e. The molecule has 0 atom stereocenters. The van der Waals surface area contributed by atoms with Crippen LogP contribution < -0.4 is 0 Å². The van der Waals surface area contributed by atoms with Crippen LogP contribution in [-0.2, 0) is 9.53 Å². The Morgan fingerprint density at radius 1 is 1.35 bits per heavy atom. The molecule has 0 aliphatic carbocycles. The highest BCUT2D eigenvalue weighted by molar-refractivity contribution is 6.43. The Morgan fingerprint density at radius 3 is 2.65 bits per heavy atom. The van der Waals surface area contributed by atoms with Crippen molar-refractivity contribution in [3.05, 3.63) is 40.1 Å². The van der Waals surface area contributed by atoms with Gasteiger partial charge in [-0.05, 0) is 19.9 Å². The summed E-state index contributed by atoms with van der Waals surface area (Å²) < 4.78 is 4.83. The van der Waals surface area contributed by atoms with Crippen molar-refractivity contribution in [3.63, 3.8) is 0 Å². The summed E-state index contributed by atoms with van der Waals surface area (Å²) in [6, 6.07) is 4.05. The topological polar surface area (TPSA) is 102 Å². The first-order chi connectivity index (χ1) is 9.40. The summed E-state index contributed by atoms with van der Waals surface area (Å²) in [5, 5.41) is 11.1. The molecular weight excluding hydrogens is 264 g/mol. The monoisotopic (exact) mass is 276 g/mol. The number of nitro benzene ring substituents is 1. The second-order valence-electron chi connectivity index (χ2n) is 4.47. The number of H-pyrrole nitrogens is 1. The molecule has 0 bridgehead atoms. The smallest absolute Gasteiger partial charge is 0.380 e. The molecule has 1 aromatic carbocycles. The molecule has 0 radical (unpaired) electrons. The quantitative estimate of drug-likeness (QED) is 0.303. The van der Waals surface area contributed by atoms with Crippen LogP contribution in [0.2, 0.25) is 0 Å². The van der Waals surface area contributed by atoms with Gasteiger partial charge in [-0.1, -0.05) is 0 Å². The molecule has 104 valence electrons. The molecule has 7 heteroatoms. The van der Waals surface area contributed by atoms with Gasteiger partial charge < -0.3 is 9.72 Å². The number of benzene rings is 1. The van der Waals surface area contributed by atoms with Gasteiger partial charge in [-0.3, -0.25) is 14.9 Å². The van der Waals surface area contributed by atoms with Crippen LogP contribution in [0, 0.1) is 10.1 Å². The van der Waals surface area contributed by atoms with Gasteiger partial charge in [0.2, 0.25) is 0 Å². The molecule has 0 aliphatic heterocycles. The standard InChI is InChI=1S/C13H12N2O5/c1-7(2)20-13(17)12(16)10-6-14-11-4-3-8(15(18)19)5-9(10)11/h3-7,14H,1-2H3. The van der Waals surface area contributed by atoms with Crippen molar-refractivity contribution in [1.29, 1.82) is 0 Å². The minimum absolute atomic E-state index is 0.0642. The van der Waals surface area contributed by atoms with Crippen LogP contribution >= 0.6 is 0 Å². The van der Waals surface area contributed by atoms with Gasteiger partial charge >= 0.3 is 5.97 Å². The van der Waals surface area contributed by atoms with Gasteiger partial charge in [0.25, 0.3) is 11.5 Å². The number of ether oxygens (including phenoxy) is 1. The normalized spacial score (nSPS) is 10.8. The zero-order chi connectivity index (χ0) is 14.9. The van der Waals surface area contributed by atoms with E-state index in [4.69, 9.17) is 4.74 Å². The molecule has 0 saturated carbocycles. The van der Waals surface area contributed by atoms with Crippen LogP contribution in [0.5, 0.6) is 0 Å². The summed E-state index contributed by atoms with van der Waals surface area (Å²) >= 11 is 0. The van der Waals surface area contributed by atoms with E-state index < -0.39 is 22.8 Å². The summed E-state index contributed by atoms with van der Waals surface area (Å²) in [5.74, 6) is -1.81. The predicted octanol–water partition coefficient (Wildman–Crippen LogP) is 2.21. The third-order valence-corrected chi connectivity index (χ3v) is 2.65. The molecule has 0 unspecified atom stereocenters. The molecular formula is C13H12N2O5. The molecule has 0 amide bonds. The lowest BCUT2D eigenvalue weighted by Crippen LogP contribution is -2.20. The Hall–Kier alpha value is -2.70. The number of hydrogen-bond donors (Lipinski definition) is 1. The number of nitrogens with one attached hydrogen (secondary N) is 1. The van der Waals surface area contributed by atoms with Crippen molar-refractivity contribution in [2.24, 2.45) is 0 Å². The van der Waals surface area contributed by atoms with Crippen LogP contribution in [0.4, 0.5) is 5.69 Å². The first kappa shape index (κ1) is 13.7. The van der Waals surface area contributed by atoms with Crippen molar-refractivity contribution in [2.45, 2.75) is 20.0 Å². The van der Waals surface area contributed by atoms with E-state index in [1.165, 1.54) is 24.4 Å². The fraction of sp³-hybridized carbons (Fsp3) is 0.231. The molecule has 0 spiro atoms. The zero-order valence-electron chi connectivity index (χ0n) is 10.9. The molecule has 2 rings (SSSR count). The summed E-state index contributed by atoms with van der Waals surface area (Å²) in [4.78, 5) is 36.5. The van der Waals surface area contributed by atoms with Crippen molar-refractivity contribution < 1.29 is 19.2 Å². The van der Waals surface area contributed by atoms with E-state index in [0.29, 0.717) is 10.9 Å². The number of aromatic amines is 1. The Morgan fingerprint density at radius 2 is 2.05 bits per heavy atom. The number of carbonyl (C=O) groups excluding carboxylic acids is 2. The van der Waals surface area contributed by atoms with E-state index in [2.05, 4.69) is 4.98 Å². The van der Waals surface area contributed by atoms with E-state index in [1.807, 2.05) is 0 Å². The van der Waals surface area contributed by atoms with E-state index >= 15 is 0 Å². The molecule has 1 heterocycles. The Labute approximate surface area is 113 Å². The molecule has 20 heavy (non-hydrogen) atoms. The lowest BCUT2D eigenvalue weighted by molar-refractivity contribution is -0.384. The summed E-state index contributed by atoms with van der Waals surface area (Å²) in [6.45, 7) is 3.26. The van der Waals surface area contributed by atoms with Gasteiger partial charge in [0.05, 0.1) is 16.6 Å². The SMILES string of the molecule is CC(C)OC(=O)C(=O)c1c[nH]c2ccc([N+](=O)[O-])cc12. The number of aromatic nitrogens is 1. The van der Waals surface area contributed by atoms with Crippen molar-refractivity contribution >= 4 is 28.3 Å². The van der Waals surface area contributed by atoms with Gasteiger partial charge in [0.1, 0.15) is 0 Å². The average molecular weight is 276 g/mol. The third kappa shape index (κ3) is 2.51. The zero-order valence-corrected chi connectivity index (χ0v) is 10.9. The maximum atomic E-state index is 12.0. The number of rotatable bonds is 4. The van der Waals surface area contributed by atoms with Crippen LogP contribution in [0.3, 0.4) is 0 Å². The van der Waals surface area contributed by atoms with Gasteiger partial charge in [-0.25, -0.2) is 4.79 Å². The second-order valence-corrected chi connectivity index (χ2v) is 4.47. The van der Waals surface area contributed by atoms with Crippen molar-refractivity contribution in [1.82, 2.24) is 4.98 Å². The lowest BCUT2D eigenvalue weighted by atomic mass is 10.1. The number of hydrogen-bond acceptors (Lipinski definition) is 5. The number of nitrogens with zero attached hydrogens (tertiary/aromatic N) is 1. The number of fused-ring (bicyclic) bond motifs is 1. The molecule has 2 aromatic rings. The lowest BCUT2D eigenvalue weighted by Gasteiger charge is -2.06. The molecule has 0 saturated heterocycles. The highest BCUT2D eigenvalue weighted by atomic mass is 16.6. The average Bonchev–Trinajstić information content (AvgIpc) is 2.79. The maximum absolute atomic E-state index is 12.0. The molecule has 1 N–H and O–H groups in total. The Balaban J connectivity index is 2.44. The highest BCUT2D eigenvalue weighted by Crippen LogP contribution is 2.24. The molecule has 0 aliphatic rings. The van der Waals surface area contributed by atoms with Gasteiger partial charge in [-0.2, -0.15) is 0 Å². The van der Waals surface area contributed by atoms with Crippen molar-refractivity contribution in [3.8, 4) is 0 Å². The van der Waals surface area contributed by atoms with E-state index in [0.717, 1.165) is 0 Å². The second kappa shape index (κ2) is 5.12. The Bertz CT molecular complexity index is 702. The Kier molecular flexibility index (Phi) is 3.51. The summed E-state index contributed by atoms with van der Waals surface area (Å²) in [7, 11) is 0. The first-order valence-corrected chi connectivity index (χ1v) is 5.91. The number of ketones is 1. The fourth-order valence-corrected chi connectivity index (χ4v) is 1.79. The van der Waals surface area contributed by atoms with Gasteiger partial charge in [0.15, 0.2) is 0 Å². The summed E-state index contributed by atoms with van der Waals surface area (Å²) in [6.07, 6.45) is 0.934. The van der Waals surface area contributed by atoms with Crippen LogP contribution in [0.1, 0.15) is 24.2 Å². The number of nitro groups is 1. The van der Waals surface area contributed by atoms with E-state index in [1.54, 1.807) is 13.8 Å². The molecule has 7 nitrogen and oxygen atoms in total. The number of esters is 1. The highest BCUT2D eigenvalue weighted by Gasteiger charge is 2.23.